The molecule has 1 N–H and O–H groups in total. The lowest BCUT2D eigenvalue weighted by Crippen LogP contribution is -2.05. The van der Waals surface area contributed by atoms with Crippen molar-refractivity contribution in [2.75, 3.05) is 6.26 Å². The Morgan fingerprint density at radius 3 is 2.61 bits per heavy atom. The van der Waals surface area contributed by atoms with Crippen molar-refractivity contribution in [2.45, 2.75) is 11.6 Å². The van der Waals surface area contributed by atoms with Gasteiger partial charge in [0.25, 0.3) is 0 Å². The molecule has 0 atom stereocenters. The Labute approximate surface area is 110 Å². The molecule has 94 valence electrons. The minimum atomic E-state index is -0.975. The van der Waals surface area contributed by atoms with Crippen LogP contribution in [-0.4, -0.2) is 26.9 Å². The number of hydrogen-bond acceptors (Lipinski definition) is 3. The topological polar surface area (TPSA) is 55.1 Å². The van der Waals surface area contributed by atoms with Gasteiger partial charge in [0.1, 0.15) is 0 Å². The fourth-order valence-corrected chi connectivity index (χ4v) is 2.42. The van der Waals surface area contributed by atoms with E-state index in [9.17, 15) is 9.90 Å². The van der Waals surface area contributed by atoms with Gasteiger partial charge in [0, 0.05) is 13.5 Å². The molecule has 0 radical (unpaired) electrons. The first-order valence-corrected chi connectivity index (χ1v) is 6.72. The molecule has 0 aliphatic rings. The van der Waals surface area contributed by atoms with E-state index >= 15 is 0 Å². The first kappa shape index (κ1) is 12.7. The standard InChI is InChI=1S/C13H14N2O2S/c1-15-10(8-9-6-4-3-5-7-9)11(12(16)17)14-13(15)18-2/h3-7H,8H2,1-2H3,(H,16,17). The number of benzene rings is 1. The van der Waals surface area contributed by atoms with Gasteiger partial charge in [-0.3, -0.25) is 0 Å². The third kappa shape index (κ3) is 2.41. The highest BCUT2D eigenvalue weighted by Gasteiger charge is 2.19. The smallest absolute Gasteiger partial charge is 0.356 e. The van der Waals surface area contributed by atoms with Crippen LogP contribution in [-0.2, 0) is 13.5 Å². The monoisotopic (exact) mass is 262 g/mol. The van der Waals surface area contributed by atoms with E-state index in [1.54, 1.807) is 0 Å². The van der Waals surface area contributed by atoms with E-state index < -0.39 is 5.97 Å². The van der Waals surface area contributed by atoms with Crippen LogP contribution in [0.1, 0.15) is 21.7 Å². The first-order valence-electron chi connectivity index (χ1n) is 5.50. The molecule has 0 amide bonds. The lowest BCUT2D eigenvalue weighted by atomic mass is 10.1. The maximum absolute atomic E-state index is 11.2. The molecule has 0 aliphatic carbocycles. The van der Waals surface area contributed by atoms with Crippen molar-refractivity contribution in [1.29, 1.82) is 0 Å². The maximum atomic E-state index is 11.2. The van der Waals surface area contributed by atoms with E-state index in [2.05, 4.69) is 4.98 Å². The molecule has 0 saturated heterocycles. The predicted molar refractivity (Wildman–Crippen MR) is 71.2 cm³/mol. The molecule has 1 aromatic carbocycles. The number of carboxylic acid groups (broad SMARTS) is 1. The van der Waals surface area contributed by atoms with Gasteiger partial charge in [-0.2, -0.15) is 0 Å². The Balaban J connectivity index is 2.43. The number of carboxylic acids is 1. The minimum Gasteiger partial charge on any atom is -0.476 e. The second kappa shape index (κ2) is 5.27. The summed E-state index contributed by atoms with van der Waals surface area (Å²) in [5.74, 6) is -0.975. The predicted octanol–water partition coefficient (Wildman–Crippen LogP) is 2.43. The highest BCUT2D eigenvalue weighted by molar-refractivity contribution is 7.98. The van der Waals surface area contributed by atoms with Crippen molar-refractivity contribution in [1.82, 2.24) is 9.55 Å². The highest BCUT2D eigenvalue weighted by atomic mass is 32.2. The Kier molecular flexibility index (Phi) is 3.72. The Morgan fingerprint density at radius 1 is 1.39 bits per heavy atom. The van der Waals surface area contributed by atoms with Gasteiger partial charge in [0.2, 0.25) is 0 Å². The molecule has 4 nitrogen and oxygen atoms in total. The third-order valence-corrected chi connectivity index (χ3v) is 3.50. The second-order valence-electron chi connectivity index (χ2n) is 3.92. The van der Waals surface area contributed by atoms with E-state index in [1.165, 1.54) is 11.8 Å². The van der Waals surface area contributed by atoms with E-state index in [4.69, 9.17) is 0 Å². The van der Waals surface area contributed by atoms with Gasteiger partial charge in [-0.1, -0.05) is 42.1 Å². The molecule has 18 heavy (non-hydrogen) atoms. The molecule has 1 heterocycles. The van der Waals surface area contributed by atoms with Gasteiger partial charge in [0.15, 0.2) is 10.9 Å². The maximum Gasteiger partial charge on any atom is 0.356 e. The molecular formula is C13H14N2O2S. The van der Waals surface area contributed by atoms with Crippen molar-refractivity contribution >= 4 is 17.7 Å². The Bertz CT molecular complexity index is 564. The van der Waals surface area contributed by atoms with Crippen LogP contribution >= 0.6 is 11.8 Å². The van der Waals surface area contributed by atoms with E-state index in [0.29, 0.717) is 6.42 Å². The summed E-state index contributed by atoms with van der Waals surface area (Å²) < 4.78 is 1.85. The number of imidazole rings is 1. The largest absolute Gasteiger partial charge is 0.476 e. The molecule has 0 spiro atoms. The molecule has 0 aliphatic heterocycles. The van der Waals surface area contributed by atoms with Crippen molar-refractivity contribution in [2.24, 2.45) is 7.05 Å². The van der Waals surface area contributed by atoms with Crippen LogP contribution in [0.25, 0.3) is 0 Å². The minimum absolute atomic E-state index is 0.144. The fourth-order valence-electron chi connectivity index (χ4n) is 1.85. The molecule has 2 rings (SSSR count). The number of carbonyl (C=O) groups is 1. The number of aromatic carboxylic acids is 1. The quantitative estimate of drug-likeness (QED) is 0.860. The second-order valence-corrected chi connectivity index (χ2v) is 4.69. The molecule has 5 heteroatoms. The molecule has 0 saturated carbocycles. The van der Waals surface area contributed by atoms with Crippen molar-refractivity contribution in [3.05, 3.63) is 47.3 Å². The number of aromatic nitrogens is 2. The van der Waals surface area contributed by atoms with Gasteiger partial charge in [-0.05, 0) is 11.8 Å². The number of nitrogens with zero attached hydrogens (tertiary/aromatic N) is 2. The zero-order chi connectivity index (χ0) is 13.1. The highest BCUT2D eigenvalue weighted by Crippen LogP contribution is 2.21. The van der Waals surface area contributed by atoms with E-state index in [1.807, 2.05) is 48.2 Å². The summed E-state index contributed by atoms with van der Waals surface area (Å²) in [5, 5.41) is 9.91. The summed E-state index contributed by atoms with van der Waals surface area (Å²) in [6.45, 7) is 0. The molecule has 0 bridgehead atoms. The van der Waals surface area contributed by atoms with Crippen LogP contribution in [0.5, 0.6) is 0 Å². The van der Waals surface area contributed by atoms with Crippen molar-refractivity contribution < 1.29 is 9.90 Å². The van der Waals surface area contributed by atoms with E-state index in [-0.39, 0.29) is 5.69 Å². The average Bonchev–Trinajstić information content (AvgIpc) is 2.68. The van der Waals surface area contributed by atoms with Crippen LogP contribution in [0.15, 0.2) is 35.5 Å². The molecule has 0 fully saturated rings. The van der Waals surface area contributed by atoms with Gasteiger partial charge >= 0.3 is 5.97 Å². The first-order chi connectivity index (χ1) is 8.63. The van der Waals surface area contributed by atoms with Crippen LogP contribution in [0.3, 0.4) is 0 Å². The molecule has 1 aromatic heterocycles. The number of rotatable bonds is 4. The summed E-state index contributed by atoms with van der Waals surface area (Å²) in [7, 11) is 1.85. The molecule has 2 aromatic rings. The van der Waals surface area contributed by atoms with Crippen LogP contribution in [0.4, 0.5) is 0 Å². The summed E-state index contributed by atoms with van der Waals surface area (Å²) in [5.41, 5.74) is 1.96. The van der Waals surface area contributed by atoms with Gasteiger partial charge in [0.05, 0.1) is 5.69 Å². The molecular weight excluding hydrogens is 248 g/mol. The normalized spacial score (nSPS) is 10.6. The fraction of sp³-hybridized carbons (Fsp3) is 0.231. The SMILES string of the molecule is CSc1nc(C(=O)O)c(Cc2ccccc2)n1C. The van der Waals surface area contributed by atoms with Crippen LogP contribution in [0, 0.1) is 0 Å². The third-order valence-electron chi connectivity index (χ3n) is 2.77. The van der Waals surface area contributed by atoms with Crippen molar-refractivity contribution in [3.63, 3.8) is 0 Å². The number of hydrogen-bond donors (Lipinski definition) is 1. The zero-order valence-electron chi connectivity index (χ0n) is 10.3. The summed E-state index contributed by atoms with van der Waals surface area (Å²) in [6.07, 6.45) is 2.47. The summed E-state index contributed by atoms with van der Waals surface area (Å²) >= 11 is 1.45. The Morgan fingerprint density at radius 2 is 2.06 bits per heavy atom. The van der Waals surface area contributed by atoms with Crippen molar-refractivity contribution in [3.8, 4) is 0 Å². The molecule has 0 unspecified atom stereocenters. The summed E-state index contributed by atoms with van der Waals surface area (Å²) in [4.78, 5) is 15.4. The zero-order valence-corrected chi connectivity index (χ0v) is 11.1. The van der Waals surface area contributed by atoms with Gasteiger partial charge in [-0.25, -0.2) is 9.78 Å². The Hall–Kier alpha value is -1.75. The van der Waals surface area contributed by atoms with Gasteiger partial charge < -0.3 is 9.67 Å². The lowest BCUT2D eigenvalue weighted by molar-refractivity contribution is 0.0689. The average molecular weight is 262 g/mol. The lowest BCUT2D eigenvalue weighted by Gasteiger charge is -2.05. The van der Waals surface area contributed by atoms with E-state index in [0.717, 1.165) is 16.4 Å². The number of thioether (sulfide) groups is 1. The van der Waals surface area contributed by atoms with Gasteiger partial charge in [-0.15, -0.1) is 0 Å². The van der Waals surface area contributed by atoms with Crippen LogP contribution < -0.4 is 0 Å². The summed E-state index contributed by atoms with van der Waals surface area (Å²) in [6, 6.07) is 9.80. The van der Waals surface area contributed by atoms with Crippen LogP contribution in [0.2, 0.25) is 0 Å².